The number of phenolic OH excluding ortho intramolecular Hbond substituents is 5. The Labute approximate surface area is 925 Å². The highest BCUT2D eigenvalue weighted by Crippen LogP contribution is 2.44. The Balaban J connectivity index is 0.000000545. The molecule has 5 N–H and O–H groups in total. The van der Waals surface area contributed by atoms with E-state index in [0.717, 1.165) is 61.7 Å². The van der Waals surface area contributed by atoms with E-state index in [-0.39, 0.29) is 84.8 Å². The van der Waals surface area contributed by atoms with Crippen LogP contribution in [0, 0.1) is 48.8 Å². The Hall–Kier alpha value is -10.3. The van der Waals surface area contributed by atoms with Crippen molar-refractivity contribution in [3.05, 3.63) is 443 Å². The van der Waals surface area contributed by atoms with Gasteiger partial charge in [0.15, 0.2) is 0 Å². The smallest absolute Gasteiger partial charge is 0.130 e. The van der Waals surface area contributed by atoms with Gasteiger partial charge in [0.05, 0.1) is 20.1 Å². The maximum Gasteiger partial charge on any atom is 0.130 e. The van der Waals surface area contributed by atoms with Crippen molar-refractivity contribution >= 4 is 98.1 Å². The first-order valence-corrected chi connectivity index (χ1v) is 53.3. The van der Waals surface area contributed by atoms with Gasteiger partial charge in [-0.2, -0.15) is 0 Å². The lowest BCUT2D eigenvalue weighted by Gasteiger charge is -2.14. The molecule has 14 aromatic rings. The van der Waals surface area contributed by atoms with Crippen molar-refractivity contribution in [1.82, 2.24) is 0 Å². The number of para-hydroxylation sites is 1. The predicted molar refractivity (Wildman–Crippen MR) is 635 cm³/mol. The van der Waals surface area contributed by atoms with Gasteiger partial charge in [0.2, 0.25) is 0 Å². The second kappa shape index (κ2) is 67.9. The van der Waals surface area contributed by atoms with E-state index in [9.17, 15) is 51.9 Å². The minimum absolute atomic E-state index is 0. The molecule has 16 rings (SSSR count). The summed E-state index contributed by atoms with van der Waals surface area (Å²) in [5.41, 5.74) is 19.8. The summed E-state index contributed by atoms with van der Waals surface area (Å²) in [6, 6.07) is 79.6. The fourth-order valence-electron chi connectivity index (χ4n) is 16.0. The van der Waals surface area contributed by atoms with Gasteiger partial charge in [-0.05, 0) is 296 Å². The summed E-state index contributed by atoms with van der Waals surface area (Å²) in [7, 11) is 0. The van der Waals surface area contributed by atoms with Gasteiger partial charge in [-0.15, -0.1) is 0 Å². The van der Waals surface area contributed by atoms with Gasteiger partial charge in [0.25, 0.3) is 0 Å². The molecule has 149 heavy (non-hydrogen) atoms. The van der Waals surface area contributed by atoms with Gasteiger partial charge in [-0.3, -0.25) is 0 Å². The molecule has 0 atom stereocenters. The molecule has 2 aliphatic rings. The van der Waals surface area contributed by atoms with Crippen LogP contribution in [0.15, 0.2) is 273 Å². The number of benzene rings is 14. The maximum atomic E-state index is 12.9. The van der Waals surface area contributed by atoms with Crippen molar-refractivity contribution in [2.75, 3.05) is 0 Å². The number of rotatable bonds is 14. The van der Waals surface area contributed by atoms with E-state index in [1.54, 1.807) is 73.5 Å². The fourth-order valence-corrected chi connectivity index (χ4v) is 18.2. The number of hydrogen-bond acceptors (Lipinski definition) is 5. The lowest BCUT2D eigenvalue weighted by atomic mass is 9.91. The lowest BCUT2D eigenvalue weighted by Crippen LogP contribution is -1.97. The van der Waals surface area contributed by atoms with Gasteiger partial charge in [0.1, 0.15) is 63.7 Å². The summed E-state index contributed by atoms with van der Waals surface area (Å²) in [5.74, 6) is 4.28. The average Bonchev–Trinajstić information content (AvgIpc) is 1.60. The van der Waals surface area contributed by atoms with Crippen molar-refractivity contribution in [2.24, 2.45) is 0 Å². The third-order valence-electron chi connectivity index (χ3n) is 24.0. The van der Waals surface area contributed by atoms with Gasteiger partial charge >= 0.3 is 0 Å². The van der Waals surface area contributed by atoms with E-state index in [1.807, 2.05) is 166 Å². The molecule has 1 fully saturated rings. The largest absolute Gasteiger partial charge is 0.508 e. The normalized spacial score (nSPS) is 11.3. The molecule has 14 aromatic carbocycles. The number of fused-ring (bicyclic) bond motifs is 2. The Bertz CT molecular complexity index is 6060. The van der Waals surface area contributed by atoms with Crippen molar-refractivity contribution in [2.45, 2.75) is 311 Å². The van der Waals surface area contributed by atoms with Crippen LogP contribution in [-0.4, -0.2) is 25.5 Å². The minimum Gasteiger partial charge on any atom is -0.508 e. The van der Waals surface area contributed by atoms with Crippen molar-refractivity contribution in [3.63, 3.8) is 0 Å². The van der Waals surface area contributed by atoms with Crippen LogP contribution in [0.4, 0.5) is 26.3 Å². The third kappa shape index (κ3) is 45.3. The topological polar surface area (TPSA) is 101 Å². The van der Waals surface area contributed by atoms with Crippen molar-refractivity contribution in [1.29, 1.82) is 0 Å². The number of aryl methyl sites for hydroxylation is 2. The van der Waals surface area contributed by atoms with Crippen LogP contribution in [0.1, 0.15) is 391 Å². The van der Waals surface area contributed by atoms with Crippen LogP contribution in [0.25, 0.3) is 16.8 Å². The molecule has 0 saturated heterocycles. The third-order valence-corrected chi connectivity index (χ3v) is 26.6. The predicted octanol–water partition coefficient (Wildman–Crippen LogP) is 45.0. The molecule has 18 heteroatoms. The van der Waals surface area contributed by atoms with Gasteiger partial charge in [0, 0.05) is 43.9 Å². The summed E-state index contributed by atoms with van der Waals surface area (Å²) in [6.45, 7) is 57.5. The highest BCUT2D eigenvalue weighted by atomic mass is 35.5. The summed E-state index contributed by atoms with van der Waals surface area (Å²) in [6.07, 6.45) is 8.47. The molecule has 2 aliphatic carbocycles. The molecule has 0 bridgehead atoms. The first-order valence-electron chi connectivity index (χ1n) is 50.6. The SMILES string of the molecule is C.C.CC(C)c1c(F)cccc1F.CC(C)c1c(O)cccc1Cl.CC(C)c1c(O)cccc1F.CC(C)c1cc(O)cc(Cl)c1Cl.CC(C)c1cc(O)cc2ccccc12.CC(C)c1ccc(F)cc1F.CC(C)c1cccc(Cl)c1Cl.CC(C)c1ccccc1C1CC1.CC(C)c1ccccc1Cl.CC(C)c1ccccc1F.CC(C)c1ccccc1O.Cc1ccc(Cl)c(C(C)C)c1.Cc1ccc2c(c1C(C)C)C=CC2. The molecule has 0 aromatic heterocycles. The van der Waals surface area contributed by atoms with E-state index >= 15 is 0 Å². The molecule has 808 valence electrons. The van der Waals surface area contributed by atoms with Crippen LogP contribution >= 0.6 is 81.2 Å². The molecule has 0 unspecified atom stereocenters. The minimum atomic E-state index is -0.521. The van der Waals surface area contributed by atoms with Gasteiger partial charge < -0.3 is 25.5 Å². The zero-order valence-corrected chi connectivity index (χ0v) is 96.2. The first-order chi connectivity index (χ1) is 69.1. The Morgan fingerprint density at radius 1 is 0.262 bits per heavy atom. The number of halogens is 13. The standard InChI is InChI=1S/C13H14O.C13H16.C12H16.C10H13Cl.C9H10Cl2O.C9H10Cl2.C9H11ClO.C9H11Cl.2C9H10F2.C9H11FO.C9H11F.C9H12O.2CH4/c1-9(2)13-8-11(14)7-10-5-3-4-6-12(10)13;1-9(2)13-10(3)7-8-11-5-4-6-12(11)13;1-9(2)11-5-3-4-6-12(11)10-7-8-10;1-7(2)9-6-8(3)4-5-10(9)11;1-5(2)7-3-6(12)4-8(10)9(7)11;1-6(2)7-4-3-5-8(10)9(7)11;1-6(2)9-7(10)4-3-5-8(9)11;1-7(2)8-5-3-4-6-9(8)10;1-6(2)8-4-3-7(10)5-9(8)11;2*1-6(2)9-7(10)4-3-5-8(9)11;2*1-7(2)8-5-3-4-6-9(8)10;;/h3-9,14H,1-2H3;4,6-9H,5H2,1-3H3;3-6,9-10H,7-8H2,1-2H3;4-7H,1-3H3;3-5,12H,1-2H3;3-6H,1-2H3;3-6,11H,1-2H3;3-7H,1-2H3;2*3-6H,1-2H3;3-6,11H,1-2H3;3-7H,1-2H3;3-7,10H,1-2H3;2*1H4. The van der Waals surface area contributed by atoms with Crippen LogP contribution in [0.5, 0.6) is 28.7 Å². The molecule has 0 amide bonds. The van der Waals surface area contributed by atoms with E-state index < -0.39 is 23.3 Å². The summed E-state index contributed by atoms with van der Waals surface area (Å²) in [5, 5.41) is 53.7. The summed E-state index contributed by atoms with van der Waals surface area (Å²) in [4.78, 5) is 0. The van der Waals surface area contributed by atoms with Crippen LogP contribution in [-0.2, 0) is 6.42 Å². The summed E-state index contributed by atoms with van der Waals surface area (Å²) >= 11 is 41.2. The van der Waals surface area contributed by atoms with Crippen LogP contribution in [0.2, 0.25) is 35.2 Å². The molecular weight excluding hydrogens is 2020 g/mol. The van der Waals surface area contributed by atoms with Gasteiger partial charge in [-0.1, -0.05) is 458 Å². The maximum absolute atomic E-state index is 12.9. The molecule has 1 saturated carbocycles. The fraction of sp³-hybridized carbons (Fsp3) is 0.359. The first kappa shape index (κ1) is 135. The number of allylic oxidation sites excluding steroid dienone is 1. The van der Waals surface area contributed by atoms with Crippen molar-refractivity contribution in [3.8, 4) is 28.7 Å². The molecule has 0 radical (unpaired) electrons. The highest BCUT2D eigenvalue weighted by molar-refractivity contribution is 6.43. The van der Waals surface area contributed by atoms with Crippen molar-refractivity contribution < 1.29 is 51.9 Å². The average molecular weight is 2180 g/mol. The molecule has 5 nitrogen and oxygen atoms in total. The second-order valence-electron chi connectivity index (χ2n) is 40.4. The number of hydrogen-bond donors (Lipinski definition) is 5. The molecule has 0 aliphatic heterocycles. The lowest BCUT2D eigenvalue weighted by molar-refractivity contribution is 0.454. The number of aromatic hydroxyl groups is 5. The highest BCUT2D eigenvalue weighted by Gasteiger charge is 2.27. The quantitative estimate of drug-likeness (QED) is 0.0699. The zero-order valence-electron chi connectivity index (χ0n) is 90.9. The van der Waals surface area contributed by atoms with E-state index in [4.69, 9.17) is 81.2 Å². The van der Waals surface area contributed by atoms with Crippen LogP contribution in [0.3, 0.4) is 0 Å². The van der Waals surface area contributed by atoms with E-state index in [0.29, 0.717) is 89.2 Å². The number of phenols is 5. The van der Waals surface area contributed by atoms with E-state index in [1.165, 1.54) is 123 Å². The Morgan fingerprint density at radius 3 is 1.09 bits per heavy atom. The molecule has 0 spiro atoms. The Kier molecular flexibility index (Phi) is 61.4. The Morgan fingerprint density at radius 2 is 0.651 bits per heavy atom. The second-order valence-corrected chi connectivity index (χ2v) is 43.2. The molecule has 0 heterocycles. The molecular formula is C131H163Cl7F6O5. The summed E-state index contributed by atoms with van der Waals surface area (Å²) < 4.78 is 76.7. The van der Waals surface area contributed by atoms with Crippen LogP contribution < -0.4 is 0 Å². The van der Waals surface area contributed by atoms with E-state index in [2.05, 4.69) is 178 Å². The monoisotopic (exact) mass is 2180 g/mol. The zero-order chi connectivity index (χ0) is 111. The van der Waals surface area contributed by atoms with Gasteiger partial charge in [-0.25, -0.2) is 26.3 Å².